The summed E-state index contributed by atoms with van der Waals surface area (Å²) < 4.78 is 1.19. The molecule has 1 nitrogen and oxygen atoms in total. The van der Waals surface area contributed by atoms with E-state index in [1.165, 1.54) is 25.5 Å². The van der Waals surface area contributed by atoms with Crippen LogP contribution in [0.5, 0.6) is 0 Å². The van der Waals surface area contributed by atoms with Crippen molar-refractivity contribution in [2.75, 3.05) is 5.32 Å². The lowest BCUT2D eigenvalue weighted by Gasteiger charge is -2.08. The highest BCUT2D eigenvalue weighted by atomic mass is 79.9. The SMILES string of the molecule is CCc1ccc(NCc2ccc(Br)s2)cc1C. The van der Waals surface area contributed by atoms with Crippen LogP contribution in [0.15, 0.2) is 34.1 Å². The van der Waals surface area contributed by atoms with Gasteiger partial charge in [0.1, 0.15) is 0 Å². The van der Waals surface area contributed by atoms with Gasteiger partial charge < -0.3 is 5.32 Å². The molecule has 1 N–H and O–H groups in total. The van der Waals surface area contributed by atoms with Gasteiger partial charge in [-0.3, -0.25) is 0 Å². The highest BCUT2D eigenvalue weighted by molar-refractivity contribution is 9.11. The Morgan fingerprint density at radius 3 is 2.65 bits per heavy atom. The Morgan fingerprint density at radius 2 is 2.06 bits per heavy atom. The molecule has 3 heteroatoms. The van der Waals surface area contributed by atoms with Gasteiger partial charge in [-0.1, -0.05) is 13.0 Å². The fraction of sp³-hybridized carbons (Fsp3) is 0.286. The summed E-state index contributed by atoms with van der Waals surface area (Å²) in [5.41, 5.74) is 3.99. The molecule has 0 aliphatic heterocycles. The van der Waals surface area contributed by atoms with Gasteiger partial charge >= 0.3 is 0 Å². The molecule has 2 rings (SSSR count). The molecule has 0 bridgehead atoms. The van der Waals surface area contributed by atoms with Crippen molar-refractivity contribution in [2.24, 2.45) is 0 Å². The van der Waals surface area contributed by atoms with Crippen LogP contribution in [0.2, 0.25) is 0 Å². The lowest BCUT2D eigenvalue weighted by Crippen LogP contribution is -1.98. The van der Waals surface area contributed by atoms with E-state index in [0.29, 0.717) is 0 Å². The molecule has 0 atom stereocenters. The Kier molecular flexibility index (Phi) is 4.24. The van der Waals surface area contributed by atoms with Crippen molar-refractivity contribution in [3.05, 3.63) is 50.1 Å². The zero-order valence-corrected chi connectivity index (χ0v) is 12.5. The van der Waals surface area contributed by atoms with Crippen molar-refractivity contribution < 1.29 is 0 Å². The van der Waals surface area contributed by atoms with E-state index in [0.717, 1.165) is 13.0 Å². The molecular weight excluding hydrogens is 294 g/mol. The van der Waals surface area contributed by atoms with Gasteiger partial charge in [-0.25, -0.2) is 0 Å². The second-order valence-corrected chi connectivity index (χ2v) is 6.60. The van der Waals surface area contributed by atoms with E-state index < -0.39 is 0 Å². The minimum atomic E-state index is 0.890. The van der Waals surface area contributed by atoms with Crippen LogP contribution in [-0.2, 0) is 13.0 Å². The zero-order chi connectivity index (χ0) is 12.3. The molecule has 17 heavy (non-hydrogen) atoms. The number of thiophene rings is 1. The number of rotatable bonds is 4. The fourth-order valence-electron chi connectivity index (χ4n) is 1.84. The van der Waals surface area contributed by atoms with Crippen LogP contribution < -0.4 is 5.32 Å². The standard InChI is InChI=1S/C14H16BrNS/c1-3-11-4-5-12(8-10(11)2)16-9-13-6-7-14(15)17-13/h4-8,16H,3,9H2,1-2H3. The number of hydrogen-bond donors (Lipinski definition) is 1. The third-order valence-corrected chi connectivity index (χ3v) is 4.44. The first-order chi connectivity index (χ1) is 8.19. The van der Waals surface area contributed by atoms with Crippen molar-refractivity contribution in [2.45, 2.75) is 26.8 Å². The number of anilines is 1. The third-order valence-electron chi connectivity index (χ3n) is 2.82. The molecule has 0 aliphatic carbocycles. The molecule has 0 unspecified atom stereocenters. The molecule has 0 radical (unpaired) electrons. The lowest BCUT2D eigenvalue weighted by molar-refractivity contribution is 1.10. The van der Waals surface area contributed by atoms with E-state index in [9.17, 15) is 0 Å². The Morgan fingerprint density at radius 1 is 1.24 bits per heavy atom. The smallest absolute Gasteiger partial charge is 0.0702 e. The maximum absolute atomic E-state index is 3.48. The summed E-state index contributed by atoms with van der Waals surface area (Å²) in [4.78, 5) is 1.34. The Balaban J connectivity index is 2.02. The van der Waals surface area contributed by atoms with Gasteiger partial charge in [-0.2, -0.15) is 0 Å². The molecule has 0 amide bonds. The van der Waals surface area contributed by atoms with Crippen LogP contribution in [-0.4, -0.2) is 0 Å². The average Bonchev–Trinajstić information content (AvgIpc) is 2.73. The van der Waals surface area contributed by atoms with Crippen molar-refractivity contribution in [1.82, 2.24) is 0 Å². The summed E-state index contributed by atoms with van der Waals surface area (Å²) in [5.74, 6) is 0. The van der Waals surface area contributed by atoms with E-state index >= 15 is 0 Å². The quantitative estimate of drug-likeness (QED) is 0.838. The lowest BCUT2D eigenvalue weighted by atomic mass is 10.1. The first-order valence-corrected chi connectivity index (χ1v) is 7.37. The monoisotopic (exact) mass is 309 g/mol. The second-order valence-electron chi connectivity index (χ2n) is 4.05. The first-order valence-electron chi connectivity index (χ1n) is 5.76. The van der Waals surface area contributed by atoms with Crippen LogP contribution >= 0.6 is 27.3 Å². The van der Waals surface area contributed by atoms with Crippen LogP contribution in [0, 0.1) is 6.92 Å². The van der Waals surface area contributed by atoms with Crippen LogP contribution in [0.3, 0.4) is 0 Å². The maximum atomic E-state index is 3.48. The molecule has 0 spiro atoms. The fourth-order valence-corrected chi connectivity index (χ4v) is 3.26. The number of benzene rings is 1. The predicted octanol–water partition coefficient (Wildman–Crippen LogP) is 4.99. The van der Waals surface area contributed by atoms with Crippen LogP contribution in [0.4, 0.5) is 5.69 Å². The van der Waals surface area contributed by atoms with Crippen molar-refractivity contribution in [1.29, 1.82) is 0 Å². The van der Waals surface area contributed by atoms with E-state index in [-0.39, 0.29) is 0 Å². The van der Waals surface area contributed by atoms with Gasteiger partial charge in [0.2, 0.25) is 0 Å². The maximum Gasteiger partial charge on any atom is 0.0702 e. The minimum absolute atomic E-state index is 0.890. The number of hydrogen-bond acceptors (Lipinski definition) is 2. The topological polar surface area (TPSA) is 12.0 Å². The molecule has 1 heterocycles. The Hall–Kier alpha value is -0.800. The van der Waals surface area contributed by atoms with E-state index in [4.69, 9.17) is 0 Å². The zero-order valence-electron chi connectivity index (χ0n) is 10.1. The predicted molar refractivity (Wildman–Crippen MR) is 79.9 cm³/mol. The highest BCUT2D eigenvalue weighted by Crippen LogP contribution is 2.23. The molecule has 2 aromatic rings. The van der Waals surface area contributed by atoms with Gasteiger partial charge in [-0.05, 0) is 64.7 Å². The van der Waals surface area contributed by atoms with Crippen LogP contribution in [0.1, 0.15) is 22.9 Å². The largest absolute Gasteiger partial charge is 0.380 e. The Labute approximate surface area is 115 Å². The summed E-state index contributed by atoms with van der Waals surface area (Å²) in [5, 5.41) is 3.46. The van der Waals surface area contributed by atoms with E-state index in [1.807, 2.05) is 0 Å². The molecule has 0 fully saturated rings. The highest BCUT2D eigenvalue weighted by Gasteiger charge is 2.00. The molecule has 0 saturated heterocycles. The summed E-state index contributed by atoms with van der Waals surface area (Å²) >= 11 is 5.25. The molecule has 0 saturated carbocycles. The van der Waals surface area contributed by atoms with Crippen molar-refractivity contribution in [3.8, 4) is 0 Å². The number of aryl methyl sites for hydroxylation is 2. The van der Waals surface area contributed by atoms with Gasteiger partial charge in [0.05, 0.1) is 3.79 Å². The number of nitrogens with one attached hydrogen (secondary N) is 1. The summed E-state index contributed by atoms with van der Waals surface area (Å²) in [6, 6.07) is 10.8. The van der Waals surface area contributed by atoms with Gasteiger partial charge in [0.15, 0.2) is 0 Å². The summed E-state index contributed by atoms with van der Waals surface area (Å²) in [7, 11) is 0. The number of halogens is 1. The average molecular weight is 310 g/mol. The van der Waals surface area contributed by atoms with Gasteiger partial charge in [0, 0.05) is 17.1 Å². The van der Waals surface area contributed by atoms with E-state index in [2.05, 4.69) is 65.4 Å². The summed E-state index contributed by atoms with van der Waals surface area (Å²) in [6.07, 6.45) is 1.10. The van der Waals surface area contributed by atoms with Crippen molar-refractivity contribution >= 4 is 33.0 Å². The molecule has 1 aromatic heterocycles. The van der Waals surface area contributed by atoms with Crippen LogP contribution in [0.25, 0.3) is 0 Å². The van der Waals surface area contributed by atoms with E-state index in [1.54, 1.807) is 11.3 Å². The summed E-state index contributed by atoms with van der Waals surface area (Å²) in [6.45, 7) is 5.26. The third kappa shape index (κ3) is 3.33. The van der Waals surface area contributed by atoms with Gasteiger partial charge in [0.25, 0.3) is 0 Å². The minimum Gasteiger partial charge on any atom is -0.380 e. The van der Waals surface area contributed by atoms with Crippen molar-refractivity contribution in [3.63, 3.8) is 0 Å². The second kappa shape index (κ2) is 5.69. The normalized spacial score (nSPS) is 10.5. The molecule has 0 aliphatic rings. The van der Waals surface area contributed by atoms with Gasteiger partial charge in [-0.15, -0.1) is 11.3 Å². The molecule has 90 valence electrons. The first kappa shape index (κ1) is 12.7. The Bertz CT molecular complexity index is 505. The molecule has 1 aromatic carbocycles. The molecular formula is C14H16BrNS.